The fourth-order valence-electron chi connectivity index (χ4n) is 3.62. The second-order valence-corrected chi connectivity index (χ2v) is 8.70. The largest absolute Gasteiger partial charge is 0.444 e. The van der Waals surface area contributed by atoms with Gasteiger partial charge in [0.15, 0.2) is 0 Å². The Hall–Kier alpha value is -1.58. The topological polar surface area (TPSA) is 62.6 Å². The number of fused-ring (bicyclic) bond motifs is 2. The average Bonchev–Trinajstić information content (AvgIpc) is 2.90. The third kappa shape index (κ3) is 3.15. The van der Waals surface area contributed by atoms with Crippen LogP contribution in [-0.2, 0) is 21.5 Å². The predicted octanol–water partition coefficient (Wildman–Crippen LogP) is 3.81. The van der Waals surface area contributed by atoms with E-state index in [0.717, 1.165) is 24.1 Å². The maximum atomic E-state index is 12.4. The minimum absolute atomic E-state index is 0.0344. The van der Waals surface area contributed by atoms with Gasteiger partial charge in [0.1, 0.15) is 22.1 Å². The van der Waals surface area contributed by atoms with E-state index in [1.54, 1.807) is 16.2 Å². The summed E-state index contributed by atoms with van der Waals surface area (Å²) in [6, 6.07) is 4.28. The zero-order valence-corrected chi connectivity index (χ0v) is 15.5. The molecular weight excluding hydrogens is 324 g/mol. The number of nitriles is 1. The zero-order valence-electron chi connectivity index (χ0n) is 14.7. The highest BCUT2D eigenvalue weighted by atomic mass is 32.1. The lowest BCUT2D eigenvalue weighted by atomic mass is 9.82. The first-order chi connectivity index (χ1) is 11.2. The maximum absolute atomic E-state index is 12.4. The number of carbonyl (C=O) groups excluding carboxylic acids is 1. The van der Waals surface area contributed by atoms with Gasteiger partial charge >= 0.3 is 6.09 Å². The van der Waals surface area contributed by atoms with Crippen molar-refractivity contribution in [3.8, 4) is 6.07 Å². The lowest BCUT2D eigenvalue weighted by Crippen LogP contribution is -2.53. The molecule has 0 aromatic carbocycles. The molecule has 24 heavy (non-hydrogen) atoms. The van der Waals surface area contributed by atoms with E-state index in [4.69, 9.17) is 9.47 Å². The molecule has 0 bridgehead atoms. The molecule has 0 saturated carbocycles. The number of likely N-dealkylation sites (tertiary alicyclic amines) is 1. The molecule has 2 unspecified atom stereocenters. The van der Waals surface area contributed by atoms with Gasteiger partial charge in [0, 0.05) is 23.9 Å². The highest BCUT2D eigenvalue weighted by Gasteiger charge is 2.46. The minimum atomic E-state index is -0.490. The van der Waals surface area contributed by atoms with Crippen molar-refractivity contribution in [3.63, 3.8) is 0 Å². The van der Waals surface area contributed by atoms with Crippen molar-refractivity contribution >= 4 is 17.4 Å². The lowest BCUT2D eigenvalue weighted by Gasteiger charge is -2.46. The van der Waals surface area contributed by atoms with E-state index in [2.05, 4.69) is 6.07 Å². The molecule has 2 aliphatic heterocycles. The molecule has 5 nitrogen and oxygen atoms in total. The second kappa shape index (κ2) is 6.05. The van der Waals surface area contributed by atoms with E-state index in [9.17, 15) is 10.1 Å². The maximum Gasteiger partial charge on any atom is 0.410 e. The van der Waals surface area contributed by atoms with Crippen molar-refractivity contribution in [1.29, 1.82) is 5.26 Å². The number of carbonyl (C=O) groups is 1. The third-order valence-electron chi connectivity index (χ3n) is 4.62. The molecule has 6 heteroatoms. The van der Waals surface area contributed by atoms with Crippen LogP contribution >= 0.6 is 11.3 Å². The van der Waals surface area contributed by atoms with Crippen molar-refractivity contribution < 1.29 is 14.3 Å². The van der Waals surface area contributed by atoms with Gasteiger partial charge in [-0.2, -0.15) is 5.26 Å². The van der Waals surface area contributed by atoms with E-state index < -0.39 is 5.60 Å². The summed E-state index contributed by atoms with van der Waals surface area (Å²) in [5.41, 5.74) is 0.391. The van der Waals surface area contributed by atoms with E-state index in [1.165, 1.54) is 10.4 Å². The van der Waals surface area contributed by atoms with E-state index in [-0.39, 0.29) is 17.7 Å². The third-order valence-corrected chi connectivity index (χ3v) is 5.89. The number of piperidine rings is 1. The van der Waals surface area contributed by atoms with Crippen LogP contribution in [0.1, 0.15) is 55.9 Å². The Balaban J connectivity index is 1.80. The van der Waals surface area contributed by atoms with Gasteiger partial charge in [-0.15, -0.1) is 11.3 Å². The smallest absolute Gasteiger partial charge is 0.410 e. The predicted molar refractivity (Wildman–Crippen MR) is 92.0 cm³/mol. The number of thiophene rings is 1. The van der Waals surface area contributed by atoms with Gasteiger partial charge in [-0.1, -0.05) is 0 Å². The Morgan fingerprint density at radius 2 is 2.29 bits per heavy atom. The van der Waals surface area contributed by atoms with Crippen LogP contribution in [-0.4, -0.2) is 35.8 Å². The normalized spacial score (nSPS) is 26.8. The van der Waals surface area contributed by atoms with Gasteiger partial charge in [-0.05, 0) is 52.2 Å². The van der Waals surface area contributed by atoms with Crippen molar-refractivity contribution in [1.82, 2.24) is 4.90 Å². The quantitative estimate of drug-likeness (QED) is 0.715. The summed E-state index contributed by atoms with van der Waals surface area (Å²) >= 11 is 1.54. The van der Waals surface area contributed by atoms with Crippen LogP contribution in [0.15, 0.2) is 6.07 Å². The molecule has 1 fully saturated rings. The molecule has 2 atom stereocenters. The molecule has 130 valence electrons. The number of hydrogen-bond donors (Lipinski definition) is 0. The summed E-state index contributed by atoms with van der Waals surface area (Å²) in [4.78, 5) is 16.1. The highest BCUT2D eigenvalue weighted by Crippen LogP contribution is 2.47. The fraction of sp³-hybridized carbons (Fsp3) is 0.667. The molecule has 1 aromatic heterocycles. The summed E-state index contributed by atoms with van der Waals surface area (Å²) < 4.78 is 11.7. The van der Waals surface area contributed by atoms with Crippen LogP contribution in [0.2, 0.25) is 0 Å². The molecular formula is C18H24N2O3S. The Bertz CT molecular complexity index is 685. The van der Waals surface area contributed by atoms with Gasteiger partial charge in [-0.3, -0.25) is 0 Å². The highest BCUT2D eigenvalue weighted by molar-refractivity contribution is 7.12. The summed E-state index contributed by atoms with van der Waals surface area (Å²) in [6.07, 6.45) is 2.09. The van der Waals surface area contributed by atoms with Crippen LogP contribution in [0, 0.1) is 11.3 Å². The van der Waals surface area contributed by atoms with E-state index in [0.29, 0.717) is 13.2 Å². The van der Waals surface area contributed by atoms with E-state index >= 15 is 0 Å². The van der Waals surface area contributed by atoms with Crippen molar-refractivity contribution in [3.05, 3.63) is 21.4 Å². The number of nitrogens with zero attached hydrogens (tertiary/aromatic N) is 2. The van der Waals surface area contributed by atoms with Crippen LogP contribution in [0.25, 0.3) is 0 Å². The SMILES string of the molecule is CC1CC2(CCN1C(=O)OC(C)(C)C)OCCc1cc(C#N)sc12. The Labute approximate surface area is 147 Å². The summed E-state index contributed by atoms with van der Waals surface area (Å²) in [7, 11) is 0. The van der Waals surface area contributed by atoms with E-state index in [1.807, 2.05) is 33.8 Å². The van der Waals surface area contributed by atoms with Gasteiger partial charge in [0.25, 0.3) is 0 Å². The minimum Gasteiger partial charge on any atom is -0.444 e. The summed E-state index contributed by atoms with van der Waals surface area (Å²) in [6.45, 7) is 8.97. The monoisotopic (exact) mass is 348 g/mol. The fourth-order valence-corrected chi connectivity index (χ4v) is 4.81. The number of ether oxygens (including phenoxy) is 2. The van der Waals surface area contributed by atoms with Gasteiger partial charge in [0.2, 0.25) is 0 Å². The summed E-state index contributed by atoms with van der Waals surface area (Å²) in [5, 5.41) is 9.20. The Morgan fingerprint density at radius 3 is 2.92 bits per heavy atom. The van der Waals surface area contributed by atoms with Crippen LogP contribution in [0.4, 0.5) is 4.79 Å². The first-order valence-electron chi connectivity index (χ1n) is 8.41. The van der Waals surface area contributed by atoms with Crippen LogP contribution in [0.3, 0.4) is 0 Å². The molecule has 3 rings (SSSR count). The molecule has 0 aliphatic carbocycles. The average molecular weight is 348 g/mol. The molecule has 2 aliphatic rings. The number of rotatable bonds is 0. The first-order valence-corrected chi connectivity index (χ1v) is 9.23. The van der Waals surface area contributed by atoms with Crippen LogP contribution < -0.4 is 0 Å². The van der Waals surface area contributed by atoms with Crippen molar-refractivity contribution in [2.24, 2.45) is 0 Å². The molecule has 0 radical (unpaired) electrons. The van der Waals surface area contributed by atoms with Gasteiger partial charge in [-0.25, -0.2) is 4.79 Å². The van der Waals surface area contributed by atoms with Gasteiger partial charge in [0.05, 0.1) is 6.61 Å². The molecule has 1 spiro atoms. The lowest BCUT2D eigenvalue weighted by molar-refractivity contribution is -0.108. The first kappa shape index (κ1) is 17.2. The molecule has 1 saturated heterocycles. The van der Waals surface area contributed by atoms with Gasteiger partial charge < -0.3 is 14.4 Å². The van der Waals surface area contributed by atoms with Crippen molar-refractivity contribution in [2.45, 2.75) is 64.2 Å². The molecule has 1 amide bonds. The van der Waals surface area contributed by atoms with Crippen LogP contribution in [0.5, 0.6) is 0 Å². The summed E-state index contributed by atoms with van der Waals surface area (Å²) in [5.74, 6) is 0. The molecule has 1 aromatic rings. The molecule has 0 N–H and O–H groups in total. The van der Waals surface area contributed by atoms with Crippen molar-refractivity contribution in [2.75, 3.05) is 13.2 Å². The zero-order chi connectivity index (χ0) is 17.5. The molecule has 3 heterocycles. The number of hydrogen-bond acceptors (Lipinski definition) is 5. The second-order valence-electron chi connectivity index (χ2n) is 7.65. The number of amides is 1. The Morgan fingerprint density at radius 1 is 1.54 bits per heavy atom. The Kier molecular flexibility index (Phi) is 4.35. The standard InChI is InChI=1S/C18H24N2O3S/c1-12-10-18(6-7-20(12)16(21)23-17(2,3)4)15-13(5-8-22-18)9-14(11-19)24-15/h9,12H,5-8,10H2,1-4H3.